The zero-order valence-electron chi connectivity index (χ0n) is 16.2. The minimum atomic E-state index is -3.60. The maximum atomic E-state index is 12.5. The van der Waals surface area contributed by atoms with E-state index < -0.39 is 20.0 Å². The topological polar surface area (TPSA) is 92.3 Å². The first-order valence-electron chi connectivity index (χ1n) is 9.66. The molecular formula is C20H24Cl2N2O4S2. The molecule has 0 radical (unpaired) electrons. The molecule has 30 heavy (non-hydrogen) atoms. The van der Waals surface area contributed by atoms with Crippen molar-refractivity contribution in [2.45, 2.75) is 35.5 Å². The van der Waals surface area contributed by atoms with Crippen molar-refractivity contribution in [3.05, 3.63) is 58.6 Å². The molecule has 0 aliphatic heterocycles. The molecule has 0 bridgehead atoms. The first-order chi connectivity index (χ1) is 14.2. The fraction of sp³-hybridized carbons (Fsp3) is 0.400. The van der Waals surface area contributed by atoms with E-state index in [9.17, 15) is 16.8 Å². The molecule has 6 nitrogen and oxygen atoms in total. The van der Waals surface area contributed by atoms with Crippen molar-refractivity contribution in [3.8, 4) is 0 Å². The molecule has 1 saturated carbocycles. The van der Waals surface area contributed by atoms with Gasteiger partial charge in [-0.2, -0.15) is 0 Å². The Morgan fingerprint density at radius 3 is 1.43 bits per heavy atom. The molecule has 1 aliphatic rings. The molecular weight excluding hydrogens is 467 g/mol. The summed E-state index contributed by atoms with van der Waals surface area (Å²) >= 11 is 11.6. The summed E-state index contributed by atoms with van der Waals surface area (Å²) in [5.41, 5.74) is 0. The highest BCUT2D eigenvalue weighted by molar-refractivity contribution is 7.89. The molecule has 0 spiro atoms. The van der Waals surface area contributed by atoms with Crippen LogP contribution in [0.3, 0.4) is 0 Å². The molecule has 0 saturated heterocycles. The monoisotopic (exact) mass is 490 g/mol. The maximum absolute atomic E-state index is 12.5. The van der Waals surface area contributed by atoms with E-state index in [0.717, 1.165) is 25.7 Å². The van der Waals surface area contributed by atoms with Crippen molar-refractivity contribution >= 4 is 43.2 Å². The van der Waals surface area contributed by atoms with E-state index in [1.54, 1.807) is 24.3 Å². The Bertz CT molecular complexity index is 971. The molecule has 3 rings (SSSR count). The largest absolute Gasteiger partial charge is 0.240 e. The van der Waals surface area contributed by atoms with Gasteiger partial charge in [-0.3, -0.25) is 0 Å². The summed E-state index contributed by atoms with van der Waals surface area (Å²) in [5, 5.41) is 0.954. The van der Waals surface area contributed by atoms with Gasteiger partial charge in [0.05, 0.1) is 9.79 Å². The Morgan fingerprint density at radius 1 is 0.700 bits per heavy atom. The average molecular weight is 491 g/mol. The summed E-state index contributed by atoms with van der Waals surface area (Å²) in [4.78, 5) is 0.352. The average Bonchev–Trinajstić information content (AvgIpc) is 2.72. The van der Waals surface area contributed by atoms with Crippen LogP contribution < -0.4 is 9.44 Å². The van der Waals surface area contributed by atoms with Crippen molar-refractivity contribution in [1.29, 1.82) is 0 Å². The summed E-state index contributed by atoms with van der Waals surface area (Å²) in [6, 6.07) is 12.1. The lowest BCUT2D eigenvalue weighted by Crippen LogP contribution is -2.35. The third-order valence-electron chi connectivity index (χ3n) is 5.26. The fourth-order valence-electron chi connectivity index (χ4n) is 3.62. The van der Waals surface area contributed by atoms with Gasteiger partial charge in [0.25, 0.3) is 0 Å². The van der Waals surface area contributed by atoms with Crippen molar-refractivity contribution in [2.24, 2.45) is 11.8 Å². The highest BCUT2D eigenvalue weighted by atomic mass is 35.5. The predicted molar refractivity (Wildman–Crippen MR) is 119 cm³/mol. The van der Waals surface area contributed by atoms with E-state index in [2.05, 4.69) is 9.44 Å². The second kappa shape index (κ2) is 9.97. The van der Waals surface area contributed by atoms with Crippen LogP contribution in [0.2, 0.25) is 10.0 Å². The first kappa shape index (κ1) is 23.5. The number of hydrogen-bond acceptors (Lipinski definition) is 4. The van der Waals surface area contributed by atoms with Gasteiger partial charge in [0.1, 0.15) is 0 Å². The van der Waals surface area contributed by atoms with E-state index in [1.807, 2.05) is 0 Å². The van der Waals surface area contributed by atoms with Crippen LogP contribution in [-0.2, 0) is 20.0 Å². The van der Waals surface area contributed by atoms with Crippen molar-refractivity contribution < 1.29 is 16.8 Å². The summed E-state index contributed by atoms with van der Waals surface area (Å²) in [6.45, 7) is 0.650. The van der Waals surface area contributed by atoms with E-state index in [-0.39, 0.29) is 21.6 Å². The van der Waals surface area contributed by atoms with Crippen LogP contribution in [-0.4, -0.2) is 29.9 Å². The van der Waals surface area contributed by atoms with E-state index >= 15 is 0 Å². The van der Waals surface area contributed by atoms with Crippen molar-refractivity contribution in [2.75, 3.05) is 13.1 Å². The molecule has 0 unspecified atom stereocenters. The summed E-state index contributed by atoms with van der Waals surface area (Å²) in [6.07, 6.45) is 3.50. The number of nitrogens with one attached hydrogen (secondary N) is 2. The SMILES string of the molecule is O=S(=O)(NC[C@@H]1CCC[C@@H](CNS(=O)(=O)c2ccc(Cl)cc2)C1)c1ccc(Cl)cc1. The number of halogens is 2. The minimum Gasteiger partial charge on any atom is -0.211 e. The molecule has 0 heterocycles. The first-order valence-corrected chi connectivity index (χ1v) is 13.4. The number of sulfonamides is 2. The van der Waals surface area contributed by atoms with Gasteiger partial charge in [-0.05, 0) is 79.6 Å². The second-order valence-electron chi connectivity index (χ2n) is 7.51. The highest BCUT2D eigenvalue weighted by Gasteiger charge is 2.25. The van der Waals surface area contributed by atoms with Crippen LogP contribution in [0.25, 0.3) is 0 Å². The molecule has 164 valence electrons. The zero-order valence-corrected chi connectivity index (χ0v) is 19.4. The van der Waals surface area contributed by atoms with E-state index in [1.165, 1.54) is 24.3 Å². The lowest BCUT2D eigenvalue weighted by Gasteiger charge is -2.29. The zero-order chi connectivity index (χ0) is 21.8. The highest BCUT2D eigenvalue weighted by Crippen LogP contribution is 2.29. The standard InChI is InChI=1S/C20H24Cl2N2O4S2/c21-17-4-8-19(9-5-17)29(25,26)23-13-15-2-1-3-16(12-15)14-24-30(27,28)20-10-6-18(22)7-11-20/h4-11,15-16,23-24H,1-3,12-14H2/t15-,16-/m1/s1. The van der Waals surface area contributed by atoms with Gasteiger partial charge in [0, 0.05) is 23.1 Å². The van der Waals surface area contributed by atoms with Crippen LogP contribution in [0.15, 0.2) is 58.3 Å². The van der Waals surface area contributed by atoms with Crippen LogP contribution in [0.4, 0.5) is 0 Å². The fourth-order valence-corrected chi connectivity index (χ4v) is 6.11. The lowest BCUT2D eigenvalue weighted by atomic mass is 9.81. The number of rotatable bonds is 8. The Balaban J connectivity index is 1.52. The van der Waals surface area contributed by atoms with Crippen LogP contribution >= 0.6 is 23.2 Å². The quantitative estimate of drug-likeness (QED) is 0.583. The van der Waals surface area contributed by atoms with Gasteiger partial charge in [0.15, 0.2) is 0 Å². The van der Waals surface area contributed by atoms with E-state index in [4.69, 9.17) is 23.2 Å². The van der Waals surface area contributed by atoms with Crippen LogP contribution in [0.1, 0.15) is 25.7 Å². The predicted octanol–water partition coefficient (Wildman–Crippen LogP) is 4.06. The second-order valence-corrected chi connectivity index (χ2v) is 11.9. The third kappa shape index (κ3) is 6.42. The normalized spacial score (nSPS) is 20.2. The van der Waals surface area contributed by atoms with Crippen molar-refractivity contribution in [1.82, 2.24) is 9.44 Å². The molecule has 2 aromatic rings. The Morgan fingerprint density at radius 2 is 1.07 bits per heavy atom. The number of benzene rings is 2. The van der Waals surface area contributed by atoms with Gasteiger partial charge in [-0.1, -0.05) is 29.6 Å². The maximum Gasteiger partial charge on any atom is 0.240 e. The molecule has 1 aliphatic carbocycles. The Labute approximate surface area is 188 Å². The molecule has 2 N–H and O–H groups in total. The summed E-state index contributed by atoms with van der Waals surface area (Å²) in [5.74, 6) is 0.316. The van der Waals surface area contributed by atoms with Crippen molar-refractivity contribution in [3.63, 3.8) is 0 Å². The molecule has 0 amide bonds. The van der Waals surface area contributed by atoms with E-state index in [0.29, 0.717) is 23.1 Å². The summed E-state index contributed by atoms with van der Waals surface area (Å²) in [7, 11) is -7.20. The smallest absolute Gasteiger partial charge is 0.211 e. The summed E-state index contributed by atoms with van der Waals surface area (Å²) < 4.78 is 55.1. The lowest BCUT2D eigenvalue weighted by molar-refractivity contribution is 0.268. The Kier molecular flexibility index (Phi) is 7.81. The van der Waals surface area contributed by atoms with Crippen LogP contribution in [0, 0.1) is 11.8 Å². The van der Waals surface area contributed by atoms with Gasteiger partial charge < -0.3 is 0 Å². The molecule has 0 aromatic heterocycles. The molecule has 2 aromatic carbocycles. The molecule has 2 atom stereocenters. The third-order valence-corrected chi connectivity index (χ3v) is 8.65. The van der Waals surface area contributed by atoms with Gasteiger partial charge >= 0.3 is 0 Å². The molecule has 10 heteroatoms. The minimum absolute atomic E-state index is 0.158. The van der Waals surface area contributed by atoms with Gasteiger partial charge in [-0.25, -0.2) is 26.3 Å². The van der Waals surface area contributed by atoms with Gasteiger partial charge in [0.2, 0.25) is 20.0 Å². The van der Waals surface area contributed by atoms with Gasteiger partial charge in [-0.15, -0.1) is 0 Å². The number of hydrogen-bond donors (Lipinski definition) is 2. The van der Waals surface area contributed by atoms with Crippen LogP contribution in [0.5, 0.6) is 0 Å². The molecule has 1 fully saturated rings. The Hall–Kier alpha value is -1.16.